The van der Waals surface area contributed by atoms with Crippen LogP contribution in [0.1, 0.15) is 46.5 Å². The topological polar surface area (TPSA) is 68.4 Å². The summed E-state index contributed by atoms with van der Waals surface area (Å²) in [7, 11) is 0. The van der Waals surface area contributed by atoms with E-state index < -0.39 is 0 Å². The molecular formula is C22H26N4O2. The number of piperazine rings is 1. The standard InChI is InChI=1S/C22H26N4O2/c1-13-15(7-8-18(27)25-11-9-23-10-12-25)14(2)24-20(13)21-19-16-5-3-4-6-17(16)26(21)22(19)28/h3-6,19,21,23-24H,7-12H2,1-2H3. The molecule has 1 aromatic heterocycles. The number of carbonyl (C=O) groups excluding carboxylic acids is 2. The highest BCUT2D eigenvalue weighted by Crippen LogP contribution is 2.58. The van der Waals surface area contributed by atoms with Crippen LogP contribution in [0.2, 0.25) is 0 Å². The molecule has 2 saturated heterocycles. The lowest BCUT2D eigenvalue weighted by Crippen LogP contribution is -2.47. The summed E-state index contributed by atoms with van der Waals surface area (Å²) in [6.45, 7) is 7.56. The number of nitrogens with zero attached hydrogens (tertiary/aromatic N) is 2. The van der Waals surface area contributed by atoms with Crippen molar-refractivity contribution >= 4 is 17.5 Å². The highest BCUT2D eigenvalue weighted by atomic mass is 16.2. The number of β-lactam (4-membered cyclic amide) rings is 1. The van der Waals surface area contributed by atoms with Gasteiger partial charge in [0.2, 0.25) is 11.8 Å². The average Bonchev–Trinajstić information content (AvgIpc) is 3.31. The molecule has 6 heteroatoms. The number of aromatic amines is 1. The average molecular weight is 378 g/mol. The van der Waals surface area contributed by atoms with E-state index in [0.717, 1.165) is 55.2 Å². The fourth-order valence-electron chi connectivity index (χ4n) is 5.12. The first-order valence-corrected chi connectivity index (χ1v) is 10.2. The number of fused-ring (bicyclic) bond motifs is 5. The van der Waals surface area contributed by atoms with Crippen LogP contribution in [0.5, 0.6) is 0 Å². The molecule has 2 atom stereocenters. The van der Waals surface area contributed by atoms with E-state index in [2.05, 4.69) is 30.2 Å². The van der Waals surface area contributed by atoms with Gasteiger partial charge in [-0.05, 0) is 43.0 Å². The number of nitrogens with one attached hydrogen (secondary N) is 2. The molecule has 28 heavy (non-hydrogen) atoms. The first-order chi connectivity index (χ1) is 13.6. The monoisotopic (exact) mass is 378 g/mol. The Hall–Kier alpha value is -2.60. The first kappa shape index (κ1) is 17.5. The highest BCUT2D eigenvalue weighted by molar-refractivity contribution is 6.13. The zero-order valence-corrected chi connectivity index (χ0v) is 16.4. The Labute approximate surface area is 164 Å². The van der Waals surface area contributed by atoms with Gasteiger partial charge in [0.05, 0.1) is 12.0 Å². The fraction of sp³-hybridized carbons (Fsp3) is 0.455. The fourth-order valence-corrected chi connectivity index (χ4v) is 5.12. The minimum atomic E-state index is -0.0664. The van der Waals surface area contributed by atoms with Gasteiger partial charge in [0, 0.05) is 49.7 Å². The van der Waals surface area contributed by atoms with Crippen LogP contribution in [-0.4, -0.2) is 47.9 Å². The van der Waals surface area contributed by atoms with Crippen molar-refractivity contribution in [3.8, 4) is 0 Å². The normalized spacial score (nSPS) is 23.0. The largest absolute Gasteiger partial charge is 0.360 e. The van der Waals surface area contributed by atoms with E-state index in [1.54, 1.807) is 0 Å². The molecule has 2 N–H and O–H groups in total. The van der Waals surface area contributed by atoms with Crippen LogP contribution >= 0.6 is 0 Å². The number of amides is 2. The van der Waals surface area contributed by atoms with Crippen LogP contribution in [0.15, 0.2) is 24.3 Å². The van der Waals surface area contributed by atoms with Crippen LogP contribution in [-0.2, 0) is 16.0 Å². The molecule has 2 bridgehead atoms. The maximum atomic E-state index is 12.5. The van der Waals surface area contributed by atoms with Crippen LogP contribution in [0.4, 0.5) is 5.69 Å². The zero-order valence-electron chi connectivity index (χ0n) is 16.4. The number of hydrogen-bond acceptors (Lipinski definition) is 3. The number of aryl methyl sites for hydroxylation is 1. The van der Waals surface area contributed by atoms with Crippen molar-refractivity contribution in [2.45, 2.75) is 38.6 Å². The molecule has 5 rings (SSSR count). The highest BCUT2D eigenvalue weighted by Gasteiger charge is 2.58. The molecule has 0 radical (unpaired) electrons. The Morgan fingerprint density at radius 3 is 2.68 bits per heavy atom. The Morgan fingerprint density at radius 1 is 1.18 bits per heavy atom. The van der Waals surface area contributed by atoms with Crippen molar-refractivity contribution in [3.63, 3.8) is 0 Å². The molecule has 146 valence electrons. The van der Waals surface area contributed by atoms with Gasteiger partial charge in [-0.2, -0.15) is 0 Å². The number of anilines is 1. The van der Waals surface area contributed by atoms with Crippen LogP contribution in [0, 0.1) is 13.8 Å². The number of carbonyl (C=O) groups is 2. The molecule has 2 aromatic rings. The molecule has 1 aromatic carbocycles. The van der Waals surface area contributed by atoms with E-state index >= 15 is 0 Å². The van der Waals surface area contributed by atoms with Crippen molar-refractivity contribution in [3.05, 3.63) is 52.3 Å². The lowest BCUT2D eigenvalue weighted by atomic mass is 9.85. The quantitative estimate of drug-likeness (QED) is 0.802. The summed E-state index contributed by atoms with van der Waals surface area (Å²) in [6, 6.07) is 8.16. The minimum absolute atomic E-state index is 0.0664. The molecule has 3 aliphatic heterocycles. The number of para-hydroxylation sites is 1. The Morgan fingerprint density at radius 2 is 1.93 bits per heavy atom. The third-order valence-electron chi connectivity index (χ3n) is 6.61. The van der Waals surface area contributed by atoms with Gasteiger partial charge in [-0.15, -0.1) is 0 Å². The van der Waals surface area contributed by atoms with Gasteiger partial charge >= 0.3 is 0 Å². The van der Waals surface area contributed by atoms with E-state index in [0.29, 0.717) is 6.42 Å². The number of rotatable bonds is 4. The zero-order chi connectivity index (χ0) is 19.4. The molecule has 6 nitrogen and oxygen atoms in total. The van der Waals surface area contributed by atoms with E-state index in [4.69, 9.17) is 0 Å². The molecule has 0 spiro atoms. The van der Waals surface area contributed by atoms with Gasteiger partial charge in [0.15, 0.2) is 0 Å². The smallest absolute Gasteiger partial charge is 0.237 e. The maximum Gasteiger partial charge on any atom is 0.237 e. The third kappa shape index (κ3) is 2.44. The SMILES string of the molecule is Cc1[nH]c(C2C3C(=O)N2c2ccccc23)c(C)c1CCC(=O)N1CCNCC1. The van der Waals surface area contributed by atoms with Crippen LogP contribution < -0.4 is 10.2 Å². The third-order valence-corrected chi connectivity index (χ3v) is 6.61. The Kier molecular flexibility index (Phi) is 4.05. The van der Waals surface area contributed by atoms with Crippen molar-refractivity contribution < 1.29 is 9.59 Å². The van der Waals surface area contributed by atoms with E-state index in [9.17, 15) is 9.59 Å². The van der Waals surface area contributed by atoms with Gasteiger partial charge < -0.3 is 20.1 Å². The molecular weight excluding hydrogens is 352 g/mol. The van der Waals surface area contributed by atoms with Gasteiger partial charge in [-0.25, -0.2) is 0 Å². The van der Waals surface area contributed by atoms with E-state index in [1.165, 1.54) is 11.1 Å². The Balaban J connectivity index is 1.35. The molecule has 2 unspecified atom stereocenters. The minimum Gasteiger partial charge on any atom is -0.360 e. The second-order valence-corrected chi connectivity index (χ2v) is 8.09. The summed E-state index contributed by atoms with van der Waals surface area (Å²) in [6.07, 6.45) is 1.28. The summed E-state index contributed by atoms with van der Waals surface area (Å²) in [5.74, 6) is 0.370. The predicted molar refractivity (Wildman–Crippen MR) is 107 cm³/mol. The number of H-pyrrole nitrogens is 1. The maximum absolute atomic E-state index is 12.5. The van der Waals surface area contributed by atoms with Gasteiger partial charge in [-0.1, -0.05) is 18.2 Å². The summed E-state index contributed by atoms with van der Waals surface area (Å²) in [5.41, 5.74) is 6.85. The van der Waals surface area contributed by atoms with E-state index in [1.807, 2.05) is 28.0 Å². The van der Waals surface area contributed by atoms with Gasteiger partial charge in [0.25, 0.3) is 0 Å². The van der Waals surface area contributed by atoms with Crippen molar-refractivity contribution in [1.82, 2.24) is 15.2 Å². The van der Waals surface area contributed by atoms with Crippen molar-refractivity contribution in [2.75, 3.05) is 31.1 Å². The second kappa shape index (κ2) is 6.48. The van der Waals surface area contributed by atoms with E-state index in [-0.39, 0.29) is 23.8 Å². The van der Waals surface area contributed by atoms with Gasteiger partial charge in [0.1, 0.15) is 0 Å². The number of hydrogen-bond donors (Lipinski definition) is 2. The van der Waals surface area contributed by atoms with Crippen molar-refractivity contribution in [1.29, 1.82) is 0 Å². The summed E-state index contributed by atoms with van der Waals surface area (Å²) in [4.78, 5) is 32.5. The second-order valence-electron chi connectivity index (χ2n) is 8.09. The summed E-state index contributed by atoms with van der Waals surface area (Å²) in [5, 5.41) is 3.28. The molecule has 3 aliphatic rings. The predicted octanol–water partition coefficient (Wildman–Crippen LogP) is 2.18. The molecule has 4 heterocycles. The lowest BCUT2D eigenvalue weighted by Gasteiger charge is -2.38. The number of benzene rings is 1. The molecule has 0 saturated carbocycles. The number of aromatic nitrogens is 1. The van der Waals surface area contributed by atoms with Gasteiger partial charge in [-0.3, -0.25) is 9.59 Å². The first-order valence-electron chi connectivity index (χ1n) is 10.2. The van der Waals surface area contributed by atoms with Crippen LogP contribution in [0.25, 0.3) is 0 Å². The summed E-state index contributed by atoms with van der Waals surface area (Å²) >= 11 is 0. The molecule has 0 aliphatic carbocycles. The summed E-state index contributed by atoms with van der Waals surface area (Å²) < 4.78 is 0. The molecule has 2 amide bonds. The lowest BCUT2D eigenvalue weighted by molar-refractivity contribution is -0.131. The molecule has 2 fully saturated rings. The van der Waals surface area contributed by atoms with Crippen molar-refractivity contribution in [2.24, 2.45) is 0 Å². The van der Waals surface area contributed by atoms with Crippen LogP contribution in [0.3, 0.4) is 0 Å². The Bertz CT molecular complexity index is 924.